The summed E-state index contributed by atoms with van der Waals surface area (Å²) in [4.78, 5) is 14.4. The molecular weight excluding hydrogens is 246 g/mol. The first kappa shape index (κ1) is 12.7. The Kier molecular flexibility index (Phi) is 3.38. The Morgan fingerprint density at radius 3 is 2.40 bits per heavy atom. The highest BCUT2D eigenvalue weighted by Gasteiger charge is 2.15. The molecule has 0 bridgehead atoms. The average molecular weight is 263 g/mol. The third kappa shape index (κ3) is 2.50. The van der Waals surface area contributed by atoms with Gasteiger partial charge in [-0.15, -0.1) is 0 Å². The van der Waals surface area contributed by atoms with Crippen LogP contribution in [0.2, 0.25) is 0 Å². The number of hydrogen-bond donors (Lipinski definition) is 0. The first-order chi connectivity index (χ1) is 9.74. The van der Waals surface area contributed by atoms with E-state index >= 15 is 0 Å². The molecule has 2 aromatic carbocycles. The number of hydrogen-bond acceptors (Lipinski definition) is 2. The fourth-order valence-electron chi connectivity index (χ4n) is 2.50. The standard InChI is InChI=1S/C18H17NO/c1-14-11-16-9-5-6-10-17(16)12-19(14)13-18(20)15-7-3-2-4-8-15/h2-12,14H,13H2,1H3. The number of fused-ring (bicyclic) bond motifs is 1. The summed E-state index contributed by atoms with van der Waals surface area (Å²) in [5.74, 6) is 0.154. The van der Waals surface area contributed by atoms with E-state index in [0.717, 1.165) is 5.56 Å². The molecule has 0 aromatic heterocycles. The SMILES string of the molecule is CC1C=c2ccccc2=CN1CC(=O)c1ccccc1. The van der Waals surface area contributed by atoms with Crippen LogP contribution in [0, 0.1) is 0 Å². The van der Waals surface area contributed by atoms with Crippen LogP contribution in [-0.2, 0) is 0 Å². The van der Waals surface area contributed by atoms with E-state index < -0.39 is 0 Å². The number of carbonyl (C=O) groups is 1. The van der Waals surface area contributed by atoms with Crippen molar-refractivity contribution >= 4 is 18.1 Å². The van der Waals surface area contributed by atoms with Crippen LogP contribution in [0.1, 0.15) is 17.3 Å². The topological polar surface area (TPSA) is 20.3 Å². The van der Waals surface area contributed by atoms with Gasteiger partial charge < -0.3 is 4.90 Å². The second kappa shape index (κ2) is 5.33. The number of ketones is 1. The average Bonchev–Trinajstić information content (AvgIpc) is 2.49. The van der Waals surface area contributed by atoms with Gasteiger partial charge in [0, 0.05) is 17.8 Å². The predicted molar refractivity (Wildman–Crippen MR) is 81.6 cm³/mol. The van der Waals surface area contributed by atoms with E-state index in [2.05, 4.69) is 36.2 Å². The molecule has 1 aliphatic heterocycles. The number of Topliss-reactive ketones (excluding diaryl/α,β-unsaturated/α-hetero) is 1. The van der Waals surface area contributed by atoms with Crippen molar-refractivity contribution in [3.05, 3.63) is 70.6 Å². The highest BCUT2D eigenvalue weighted by atomic mass is 16.1. The molecule has 100 valence electrons. The third-order valence-corrected chi connectivity index (χ3v) is 3.67. The maximum atomic E-state index is 12.3. The van der Waals surface area contributed by atoms with E-state index in [4.69, 9.17) is 0 Å². The molecule has 1 aliphatic rings. The van der Waals surface area contributed by atoms with E-state index in [1.165, 1.54) is 10.4 Å². The lowest BCUT2D eigenvalue weighted by atomic mass is 10.1. The van der Waals surface area contributed by atoms with Gasteiger partial charge in [0.2, 0.25) is 0 Å². The largest absolute Gasteiger partial charge is 0.363 e. The minimum atomic E-state index is 0.154. The van der Waals surface area contributed by atoms with Crippen LogP contribution in [-0.4, -0.2) is 23.3 Å². The second-order valence-electron chi connectivity index (χ2n) is 5.13. The third-order valence-electron chi connectivity index (χ3n) is 3.67. The van der Waals surface area contributed by atoms with Gasteiger partial charge in [-0.25, -0.2) is 0 Å². The monoisotopic (exact) mass is 263 g/mol. The van der Waals surface area contributed by atoms with Crippen molar-refractivity contribution in [1.82, 2.24) is 4.90 Å². The summed E-state index contributed by atoms with van der Waals surface area (Å²) in [6, 6.07) is 18.0. The van der Waals surface area contributed by atoms with Gasteiger partial charge in [-0.2, -0.15) is 0 Å². The molecule has 0 spiro atoms. The molecule has 0 saturated heterocycles. The summed E-state index contributed by atoms with van der Waals surface area (Å²) in [6.45, 7) is 2.53. The van der Waals surface area contributed by atoms with Gasteiger partial charge >= 0.3 is 0 Å². The summed E-state index contributed by atoms with van der Waals surface area (Å²) >= 11 is 0. The Bertz CT molecular complexity index is 734. The number of nitrogens with zero attached hydrogens (tertiary/aromatic N) is 1. The summed E-state index contributed by atoms with van der Waals surface area (Å²) in [5, 5.41) is 2.41. The summed E-state index contributed by atoms with van der Waals surface area (Å²) in [7, 11) is 0. The highest BCUT2D eigenvalue weighted by molar-refractivity contribution is 5.97. The Morgan fingerprint density at radius 2 is 1.65 bits per heavy atom. The Hall–Kier alpha value is -2.35. The maximum absolute atomic E-state index is 12.3. The molecule has 20 heavy (non-hydrogen) atoms. The first-order valence-electron chi connectivity index (χ1n) is 6.87. The lowest BCUT2D eigenvalue weighted by molar-refractivity contribution is 0.0956. The van der Waals surface area contributed by atoms with Crippen molar-refractivity contribution in [2.45, 2.75) is 13.0 Å². The molecule has 3 rings (SSSR count). The van der Waals surface area contributed by atoms with Crippen molar-refractivity contribution in [1.29, 1.82) is 0 Å². The van der Waals surface area contributed by atoms with Crippen molar-refractivity contribution in [3.63, 3.8) is 0 Å². The molecule has 0 saturated carbocycles. The second-order valence-corrected chi connectivity index (χ2v) is 5.13. The highest BCUT2D eigenvalue weighted by Crippen LogP contribution is 2.08. The summed E-state index contributed by atoms with van der Waals surface area (Å²) < 4.78 is 0. The van der Waals surface area contributed by atoms with Gasteiger partial charge in [0.25, 0.3) is 0 Å². The van der Waals surface area contributed by atoms with E-state index in [-0.39, 0.29) is 11.8 Å². The molecule has 1 unspecified atom stereocenters. The van der Waals surface area contributed by atoms with Crippen LogP contribution in [0.5, 0.6) is 0 Å². The zero-order valence-corrected chi connectivity index (χ0v) is 11.5. The summed E-state index contributed by atoms with van der Waals surface area (Å²) in [6.07, 6.45) is 4.29. The molecule has 0 radical (unpaired) electrons. The molecular formula is C18H17NO. The van der Waals surface area contributed by atoms with Gasteiger partial charge in [0.05, 0.1) is 6.54 Å². The van der Waals surface area contributed by atoms with Gasteiger partial charge in [0.1, 0.15) is 0 Å². The van der Waals surface area contributed by atoms with Crippen molar-refractivity contribution in [2.75, 3.05) is 6.54 Å². The Labute approximate surface area is 118 Å². The van der Waals surface area contributed by atoms with Gasteiger partial charge in [-0.1, -0.05) is 60.7 Å². The normalized spacial score (nSPS) is 16.9. The zero-order chi connectivity index (χ0) is 13.9. The van der Waals surface area contributed by atoms with Gasteiger partial charge in [-0.05, 0) is 17.4 Å². The molecule has 0 fully saturated rings. The van der Waals surface area contributed by atoms with E-state index in [9.17, 15) is 4.79 Å². The fourth-order valence-corrected chi connectivity index (χ4v) is 2.50. The van der Waals surface area contributed by atoms with Crippen LogP contribution in [0.15, 0.2) is 54.6 Å². The van der Waals surface area contributed by atoms with E-state index in [0.29, 0.717) is 6.54 Å². The van der Waals surface area contributed by atoms with Crippen LogP contribution in [0.4, 0.5) is 0 Å². The van der Waals surface area contributed by atoms with E-state index in [1.807, 2.05) is 42.5 Å². The zero-order valence-electron chi connectivity index (χ0n) is 11.5. The van der Waals surface area contributed by atoms with Crippen LogP contribution < -0.4 is 10.4 Å². The lowest BCUT2D eigenvalue weighted by Crippen LogP contribution is -2.42. The van der Waals surface area contributed by atoms with Crippen molar-refractivity contribution in [2.24, 2.45) is 0 Å². The van der Waals surface area contributed by atoms with Crippen LogP contribution >= 0.6 is 0 Å². The van der Waals surface area contributed by atoms with Crippen LogP contribution in [0.25, 0.3) is 12.3 Å². The molecule has 0 aliphatic carbocycles. The van der Waals surface area contributed by atoms with Crippen molar-refractivity contribution < 1.29 is 4.79 Å². The molecule has 0 N–H and O–H groups in total. The molecule has 2 nitrogen and oxygen atoms in total. The molecule has 2 heteroatoms. The van der Waals surface area contributed by atoms with Gasteiger partial charge in [0.15, 0.2) is 5.78 Å². The molecule has 1 heterocycles. The first-order valence-corrected chi connectivity index (χ1v) is 6.87. The maximum Gasteiger partial charge on any atom is 0.182 e. The van der Waals surface area contributed by atoms with Gasteiger partial charge in [-0.3, -0.25) is 4.79 Å². The Morgan fingerprint density at radius 1 is 1.00 bits per heavy atom. The summed E-state index contributed by atoms with van der Waals surface area (Å²) in [5.41, 5.74) is 0.770. The smallest absolute Gasteiger partial charge is 0.182 e. The molecule has 2 aromatic rings. The van der Waals surface area contributed by atoms with Crippen molar-refractivity contribution in [3.8, 4) is 0 Å². The Balaban J connectivity index is 1.86. The molecule has 0 amide bonds. The number of rotatable bonds is 3. The quantitative estimate of drug-likeness (QED) is 0.787. The minimum absolute atomic E-state index is 0.154. The number of benzene rings is 2. The fraction of sp³-hybridized carbons (Fsp3) is 0.167. The van der Waals surface area contributed by atoms with Crippen LogP contribution in [0.3, 0.4) is 0 Å². The minimum Gasteiger partial charge on any atom is -0.363 e. The molecule has 1 atom stereocenters. The predicted octanol–water partition coefficient (Wildman–Crippen LogP) is 1.79. The van der Waals surface area contributed by atoms with E-state index in [1.54, 1.807) is 0 Å². The lowest BCUT2D eigenvalue weighted by Gasteiger charge is -2.27. The number of carbonyl (C=O) groups excluding carboxylic acids is 1.